The number of aryl methyl sites for hydroxylation is 3. The molecular formula is C22H25N3O2. The van der Waals surface area contributed by atoms with Gasteiger partial charge in [-0.3, -0.25) is 9.78 Å². The average molecular weight is 363 g/mol. The smallest absolute Gasteiger partial charge is 0.255 e. The van der Waals surface area contributed by atoms with E-state index in [2.05, 4.69) is 29.2 Å². The van der Waals surface area contributed by atoms with Crippen molar-refractivity contribution in [1.29, 1.82) is 0 Å². The Balaban J connectivity index is 1.78. The number of nitrogens with zero attached hydrogens (tertiary/aromatic N) is 3. The number of amides is 1. The molecule has 3 heterocycles. The van der Waals surface area contributed by atoms with E-state index in [9.17, 15) is 4.79 Å². The van der Waals surface area contributed by atoms with Crippen molar-refractivity contribution >= 4 is 16.8 Å². The Morgan fingerprint density at radius 1 is 1.22 bits per heavy atom. The number of likely N-dealkylation sites (tertiary alicyclic amines) is 1. The lowest BCUT2D eigenvalue weighted by molar-refractivity contribution is 0.0604. The van der Waals surface area contributed by atoms with Gasteiger partial charge in [-0.15, -0.1) is 0 Å². The Hall–Kier alpha value is -2.69. The van der Waals surface area contributed by atoms with E-state index >= 15 is 0 Å². The molecule has 1 aromatic carbocycles. The lowest BCUT2D eigenvalue weighted by atomic mass is 9.96. The third kappa shape index (κ3) is 3.34. The first-order valence-electron chi connectivity index (χ1n) is 9.71. The van der Waals surface area contributed by atoms with E-state index in [-0.39, 0.29) is 11.9 Å². The highest BCUT2D eigenvalue weighted by Crippen LogP contribution is 2.33. The molecule has 1 atom stereocenters. The van der Waals surface area contributed by atoms with E-state index in [4.69, 9.17) is 4.52 Å². The minimum Gasteiger partial charge on any atom is -0.361 e. The van der Waals surface area contributed by atoms with Crippen LogP contribution in [0.25, 0.3) is 10.9 Å². The molecule has 1 fully saturated rings. The monoisotopic (exact) mass is 363 g/mol. The fourth-order valence-electron chi connectivity index (χ4n) is 3.98. The van der Waals surface area contributed by atoms with Gasteiger partial charge in [0.1, 0.15) is 11.5 Å². The van der Waals surface area contributed by atoms with Gasteiger partial charge < -0.3 is 9.42 Å². The van der Waals surface area contributed by atoms with Crippen LogP contribution in [0.15, 0.2) is 34.9 Å². The summed E-state index contributed by atoms with van der Waals surface area (Å²) in [6.07, 6.45) is 3.96. The lowest BCUT2D eigenvalue weighted by Crippen LogP contribution is -2.38. The molecule has 0 N–H and O–H groups in total. The summed E-state index contributed by atoms with van der Waals surface area (Å²) in [5.74, 6) is 0.838. The highest BCUT2D eigenvalue weighted by molar-refractivity contribution is 6.06. The van der Waals surface area contributed by atoms with E-state index in [1.165, 1.54) is 5.56 Å². The molecule has 0 aliphatic carbocycles. The quantitative estimate of drug-likeness (QED) is 0.672. The molecule has 5 nitrogen and oxygen atoms in total. The number of aromatic nitrogens is 2. The molecule has 1 aliphatic rings. The van der Waals surface area contributed by atoms with Crippen LogP contribution in [-0.4, -0.2) is 27.5 Å². The van der Waals surface area contributed by atoms with E-state index in [0.717, 1.165) is 65.8 Å². The summed E-state index contributed by atoms with van der Waals surface area (Å²) >= 11 is 0. The van der Waals surface area contributed by atoms with Crippen molar-refractivity contribution in [3.63, 3.8) is 0 Å². The molecule has 2 aromatic heterocycles. The fourth-order valence-corrected chi connectivity index (χ4v) is 3.98. The van der Waals surface area contributed by atoms with Crippen molar-refractivity contribution in [3.05, 3.63) is 58.6 Å². The van der Waals surface area contributed by atoms with E-state index in [1.807, 2.05) is 36.9 Å². The molecule has 1 saturated heterocycles. The zero-order valence-corrected chi connectivity index (χ0v) is 16.2. The van der Waals surface area contributed by atoms with Crippen molar-refractivity contribution in [2.45, 2.75) is 52.5 Å². The van der Waals surface area contributed by atoms with Crippen molar-refractivity contribution in [2.75, 3.05) is 6.54 Å². The van der Waals surface area contributed by atoms with E-state index in [0.29, 0.717) is 0 Å². The molecule has 0 bridgehead atoms. The van der Waals surface area contributed by atoms with Crippen LogP contribution >= 0.6 is 0 Å². The molecule has 1 amide bonds. The van der Waals surface area contributed by atoms with Crippen molar-refractivity contribution < 1.29 is 9.32 Å². The second-order valence-corrected chi connectivity index (χ2v) is 7.39. The summed E-state index contributed by atoms with van der Waals surface area (Å²) in [6.45, 7) is 6.69. The van der Waals surface area contributed by atoms with Crippen molar-refractivity contribution in [3.8, 4) is 0 Å². The molecular weight excluding hydrogens is 338 g/mol. The zero-order chi connectivity index (χ0) is 19.0. The summed E-state index contributed by atoms with van der Waals surface area (Å²) in [7, 11) is 0. The highest BCUT2D eigenvalue weighted by atomic mass is 16.5. The van der Waals surface area contributed by atoms with E-state index < -0.39 is 0 Å². The second kappa shape index (κ2) is 7.14. The number of carbonyl (C=O) groups is 1. The first-order chi connectivity index (χ1) is 13.1. The number of fused-ring (bicyclic) bond motifs is 1. The van der Waals surface area contributed by atoms with Gasteiger partial charge >= 0.3 is 0 Å². The second-order valence-electron chi connectivity index (χ2n) is 7.39. The first kappa shape index (κ1) is 17.7. The minimum atomic E-state index is -0.0263. The minimum absolute atomic E-state index is 0.0263. The SMILES string of the molecule is CCc1ccc2nc(C)cc(C(=O)N3CCCC[C@H]3c3cc(C)on3)c2c1. The fraction of sp³-hybridized carbons (Fsp3) is 0.409. The van der Waals surface area contributed by atoms with Crippen LogP contribution in [-0.2, 0) is 6.42 Å². The van der Waals surface area contributed by atoms with Gasteiger partial charge in [0.15, 0.2) is 0 Å². The number of carbonyl (C=O) groups excluding carboxylic acids is 1. The molecule has 3 aromatic rings. The van der Waals surface area contributed by atoms with Crippen LogP contribution in [0.3, 0.4) is 0 Å². The third-order valence-electron chi connectivity index (χ3n) is 5.39. The van der Waals surface area contributed by atoms with Crippen molar-refractivity contribution in [2.24, 2.45) is 0 Å². The third-order valence-corrected chi connectivity index (χ3v) is 5.39. The Bertz CT molecular complexity index is 992. The van der Waals surface area contributed by atoms with Gasteiger partial charge in [-0.25, -0.2) is 0 Å². The lowest BCUT2D eigenvalue weighted by Gasteiger charge is -2.34. The van der Waals surface area contributed by atoms with Gasteiger partial charge in [0.05, 0.1) is 17.1 Å². The van der Waals surface area contributed by atoms with Gasteiger partial charge in [-0.2, -0.15) is 0 Å². The Labute approximate surface area is 159 Å². The maximum Gasteiger partial charge on any atom is 0.255 e. The molecule has 5 heteroatoms. The van der Waals surface area contributed by atoms with Crippen LogP contribution in [0, 0.1) is 13.8 Å². The number of pyridine rings is 1. The number of piperidine rings is 1. The molecule has 4 rings (SSSR count). The number of rotatable bonds is 3. The topological polar surface area (TPSA) is 59.2 Å². The van der Waals surface area contributed by atoms with Crippen LogP contribution in [0.5, 0.6) is 0 Å². The van der Waals surface area contributed by atoms with Gasteiger partial charge in [-0.05, 0) is 63.3 Å². The standard InChI is InChI=1S/C22H25N3O2/c1-4-16-8-9-19-17(13-16)18(11-14(2)23-19)22(26)25-10-6-5-7-21(25)20-12-15(3)27-24-20/h8-9,11-13,21H,4-7,10H2,1-3H3/t21-/m0/s1. The summed E-state index contributed by atoms with van der Waals surface area (Å²) in [4.78, 5) is 20.2. The van der Waals surface area contributed by atoms with Gasteiger partial charge in [0, 0.05) is 23.7 Å². The Morgan fingerprint density at radius 2 is 2.07 bits per heavy atom. The van der Waals surface area contributed by atoms with Crippen LogP contribution in [0.1, 0.15) is 65.3 Å². The predicted molar refractivity (Wildman–Crippen MR) is 105 cm³/mol. The summed E-state index contributed by atoms with van der Waals surface area (Å²) in [5.41, 5.74) is 4.54. The van der Waals surface area contributed by atoms with Gasteiger partial charge in [-0.1, -0.05) is 18.1 Å². The summed E-state index contributed by atoms with van der Waals surface area (Å²) < 4.78 is 5.27. The highest BCUT2D eigenvalue weighted by Gasteiger charge is 2.31. The van der Waals surface area contributed by atoms with E-state index in [1.54, 1.807) is 0 Å². The first-order valence-corrected chi connectivity index (χ1v) is 9.71. The van der Waals surface area contributed by atoms with Crippen molar-refractivity contribution in [1.82, 2.24) is 15.0 Å². The van der Waals surface area contributed by atoms with Crippen LogP contribution in [0.4, 0.5) is 0 Å². The normalized spacial score (nSPS) is 17.4. The van der Waals surface area contributed by atoms with Gasteiger partial charge in [0.2, 0.25) is 0 Å². The molecule has 0 spiro atoms. The van der Waals surface area contributed by atoms with Crippen LogP contribution < -0.4 is 0 Å². The zero-order valence-electron chi connectivity index (χ0n) is 16.2. The summed E-state index contributed by atoms with van der Waals surface area (Å²) in [6, 6.07) is 10.1. The number of benzene rings is 1. The largest absolute Gasteiger partial charge is 0.361 e. The summed E-state index contributed by atoms with van der Waals surface area (Å²) in [5, 5.41) is 5.13. The maximum absolute atomic E-state index is 13.6. The maximum atomic E-state index is 13.6. The average Bonchev–Trinajstić information content (AvgIpc) is 3.12. The molecule has 0 radical (unpaired) electrons. The predicted octanol–water partition coefficient (Wildman–Crippen LogP) is 4.77. The van der Waals surface area contributed by atoms with Gasteiger partial charge in [0.25, 0.3) is 5.91 Å². The molecule has 140 valence electrons. The molecule has 27 heavy (non-hydrogen) atoms. The number of hydrogen-bond acceptors (Lipinski definition) is 4. The number of hydrogen-bond donors (Lipinski definition) is 0. The molecule has 0 unspecified atom stereocenters. The molecule has 0 saturated carbocycles. The van der Waals surface area contributed by atoms with Crippen LogP contribution in [0.2, 0.25) is 0 Å². The molecule has 1 aliphatic heterocycles. The Kier molecular flexibility index (Phi) is 4.68. The Morgan fingerprint density at radius 3 is 2.81 bits per heavy atom.